The maximum atomic E-state index is 11.3. The number of carbonyl (C=O) groups is 1. The number of carboxylic acid groups (broad SMARTS) is 1. The van der Waals surface area contributed by atoms with Crippen LogP contribution in [0.5, 0.6) is 5.75 Å². The number of aliphatic carboxylic acids is 1. The summed E-state index contributed by atoms with van der Waals surface area (Å²) in [5.74, 6) is -0.318. The number of nitrogens with zero attached hydrogens (tertiary/aromatic N) is 2. The molecule has 2 aromatic carbocycles. The van der Waals surface area contributed by atoms with Gasteiger partial charge in [0.25, 0.3) is 0 Å². The van der Waals surface area contributed by atoms with Crippen LogP contribution in [0.1, 0.15) is 38.2 Å². The van der Waals surface area contributed by atoms with Crippen LogP contribution in [0.3, 0.4) is 0 Å². The van der Waals surface area contributed by atoms with E-state index in [-0.39, 0.29) is 6.10 Å². The molecule has 0 spiro atoms. The average molecular weight is 378 g/mol. The van der Waals surface area contributed by atoms with Gasteiger partial charge in [0.2, 0.25) is 0 Å². The Balaban J connectivity index is 1.73. The summed E-state index contributed by atoms with van der Waals surface area (Å²) in [7, 11) is 1.92. The number of aromatic nitrogens is 2. The number of ether oxygens (including phenoxy) is 1. The van der Waals surface area contributed by atoms with E-state index in [1.165, 1.54) is 12.8 Å². The number of hydrogen-bond donors (Lipinski definition) is 1. The van der Waals surface area contributed by atoms with Gasteiger partial charge in [0.1, 0.15) is 5.75 Å². The number of fused-ring (bicyclic) bond motifs is 1. The summed E-state index contributed by atoms with van der Waals surface area (Å²) in [4.78, 5) is 11.3. The van der Waals surface area contributed by atoms with Crippen molar-refractivity contribution in [2.24, 2.45) is 13.0 Å². The molecule has 1 heterocycles. The highest BCUT2D eigenvalue weighted by Gasteiger charge is 2.20. The topological polar surface area (TPSA) is 64.4 Å². The predicted octanol–water partition coefficient (Wildman–Crippen LogP) is 4.82. The molecule has 28 heavy (non-hydrogen) atoms. The molecule has 1 fully saturated rings. The number of aryl methyl sites for hydroxylation is 1. The highest BCUT2D eigenvalue weighted by Crippen LogP contribution is 2.36. The van der Waals surface area contributed by atoms with E-state index in [0.717, 1.165) is 46.2 Å². The molecule has 0 aliphatic heterocycles. The SMILES string of the molecule is CC(Cc1ccc(OC2CCCC2)c(-c2ccc3nn(C)cc3c2)c1)C(=O)O. The highest BCUT2D eigenvalue weighted by molar-refractivity contribution is 5.85. The summed E-state index contributed by atoms with van der Waals surface area (Å²) in [5, 5.41) is 14.8. The van der Waals surface area contributed by atoms with Gasteiger partial charge in [0.15, 0.2) is 0 Å². The van der Waals surface area contributed by atoms with Gasteiger partial charge in [0.05, 0.1) is 17.5 Å². The smallest absolute Gasteiger partial charge is 0.306 e. The lowest BCUT2D eigenvalue weighted by atomic mass is 9.96. The van der Waals surface area contributed by atoms with Crippen molar-refractivity contribution in [2.75, 3.05) is 0 Å². The second-order valence-electron chi connectivity index (χ2n) is 7.87. The zero-order valence-corrected chi connectivity index (χ0v) is 16.4. The normalized spacial score (nSPS) is 15.8. The molecule has 0 radical (unpaired) electrons. The van der Waals surface area contributed by atoms with Crippen LogP contribution >= 0.6 is 0 Å². The van der Waals surface area contributed by atoms with Crippen LogP contribution in [0.2, 0.25) is 0 Å². The van der Waals surface area contributed by atoms with E-state index in [1.54, 1.807) is 6.92 Å². The summed E-state index contributed by atoms with van der Waals surface area (Å²) in [6.45, 7) is 1.74. The molecule has 5 heteroatoms. The first-order valence-electron chi connectivity index (χ1n) is 9.96. The third-order valence-electron chi connectivity index (χ3n) is 5.53. The van der Waals surface area contributed by atoms with Crippen molar-refractivity contribution in [3.05, 3.63) is 48.2 Å². The number of carboxylic acids is 1. The molecule has 0 amide bonds. The Morgan fingerprint density at radius 3 is 2.79 bits per heavy atom. The third-order valence-corrected chi connectivity index (χ3v) is 5.53. The van der Waals surface area contributed by atoms with E-state index in [1.807, 2.05) is 36.1 Å². The second kappa shape index (κ2) is 7.66. The fraction of sp³-hybridized carbons (Fsp3) is 0.391. The standard InChI is InChI=1S/C23H26N2O3/c1-15(23(26)27)11-16-7-10-22(28-19-5-3-4-6-19)20(12-16)17-8-9-21-18(13-17)14-25(2)24-21/h7-10,12-15,19H,3-6,11H2,1-2H3,(H,26,27). The number of hydrogen-bond acceptors (Lipinski definition) is 3. The molecular weight excluding hydrogens is 352 g/mol. The van der Waals surface area contributed by atoms with Gasteiger partial charge in [-0.05, 0) is 67.5 Å². The molecule has 4 rings (SSSR count). The zero-order chi connectivity index (χ0) is 19.7. The van der Waals surface area contributed by atoms with Crippen molar-refractivity contribution in [3.63, 3.8) is 0 Å². The van der Waals surface area contributed by atoms with Gasteiger partial charge < -0.3 is 9.84 Å². The summed E-state index contributed by atoms with van der Waals surface area (Å²) in [5.41, 5.74) is 4.06. The Labute approximate surface area is 164 Å². The van der Waals surface area contributed by atoms with Crippen molar-refractivity contribution in [3.8, 4) is 16.9 Å². The first-order chi connectivity index (χ1) is 13.5. The first kappa shape index (κ1) is 18.5. The molecule has 0 saturated heterocycles. The number of rotatable bonds is 6. The summed E-state index contributed by atoms with van der Waals surface area (Å²) >= 11 is 0. The van der Waals surface area contributed by atoms with E-state index in [2.05, 4.69) is 23.3 Å². The summed E-state index contributed by atoms with van der Waals surface area (Å²) in [6, 6.07) is 12.3. The van der Waals surface area contributed by atoms with Crippen molar-refractivity contribution >= 4 is 16.9 Å². The Morgan fingerprint density at radius 1 is 1.25 bits per heavy atom. The molecule has 1 aliphatic rings. The zero-order valence-electron chi connectivity index (χ0n) is 16.4. The molecule has 5 nitrogen and oxygen atoms in total. The van der Waals surface area contributed by atoms with Gasteiger partial charge in [0, 0.05) is 24.2 Å². The lowest BCUT2D eigenvalue weighted by Crippen LogP contribution is -2.13. The monoisotopic (exact) mass is 378 g/mol. The molecule has 1 saturated carbocycles. The van der Waals surface area contributed by atoms with Crippen LogP contribution in [-0.4, -0.2) is 27.0 Å². The Bertz CT molecular complexity index is 1000. The maximum absolute atomic E-state index is 11.3. The van der Waals surface area contributed by atoms with Crippen LogP contribution in [0.15, 0.2) is 42.6 Å². The van der Waals surface area contributed by atoms with Crippen molar-refractivity contribution < 1.29 is 14.6 Å². The fourth-order valence-electron chi connectivity index (χ4n) is 3.98. The minimum atomic E-state index is -0.774. The van der Waals surface area contributed by atoms with Gasteiger partial charge in [-0.25, -0.2) is 0 Å². The van der Waals surface area contributed by atoms with Gasteiger partial charge in [-0.1, -0.05) is 19.1 Å². The Morgan fingerprint density at radius 2 is 2.04 bits per heavy atom. The minimum Gasteiger partial charge on any atom is -0.490 e. The molecule has 1 atom stereocenters. The molecule has 3 aromatic rings. The van der Waals surface area contributed by atoms with E-state index >= 15 is 0 Å². The molecule has 146 valence electrons. The van der Waals surface area contributed by atoms with Crippen LogP contribution in [-0.2, 0) is 18.3 Å². The molecule has 1 N–H and O–H groups in total. The summed E-state index contributed by atoms with van der Waals surface area (Å²) < 4.78 is 8.16. The van der Waals surface area contributed by atoms with Crippen molar-refractivity contribution in [2.45, 2.75) is 45.1 Å². The summed E-state index contributed by atoms with van der Waals surface area (Å²) in [6.07, 6.45) is 7.40. The Kier molecular flexibility index (Phi) is 5.07. The van der Waals surface area contributed by atoms with E-state index < -0.39 is 11.9 Å². The average Bonchev–Trinajstić information content (AvgIpc) is 3.30. The molecule has 1 unspecified atom stereocenters. The molecule has 1 aromatic heterocycles. The molecule has 1 aliphatic carbocycles. The minimum absolute atomic E-state index is 0.268. The van der Waals surface area contributed by atoms with Gasteiger partial charge in [-0.3, -0.25) is 9.48 Å². The van der Waals surface area contributed by atoms with Gasteiger partial charge >= 0.3 is 5.97 Å². The lowest BCUT2D eigenvalue weighted by Gasteiger charge is -2.18. The van der Waals surface area contributed by atoms with Crippen molar-refractivity contribution in [1.82, 2.24) is 9.78 Å². The maximum Gasteiger partial charge on any atom is 0.306 e. The highest BCUT2D eigenvalue weighted by atomic mass is 16.5. The third kappa shape index (κ3) is 3.88. The quantitative estimate of drug-likeness (QED) is 0.667. The van der Waals surface area contributed by atoms with Gasteiger partial charge in [-0.15, -0.1) is 0 Å². The van der Waals surface area contributed by atoms with Crippen molar-refractivity contribution in [1.29, 1.82) is 0 Å². The van der Waals surface area contributed by atoms with Gasteiger partial charge in [-0.2, -0.15) is 5.10 Å². The Hall–Kier alpha value is -2.82. The van der Waals surface area contributed by atoms with Crippen LogP contribution in [0.25, 0.3) is 22.0 Å². The first-order valence-corrected chi connectivity index (χ1v) is 9.96. The van der Waals surface area contributed by atoms with Crippen LogP contribution in [0, 0.1) is 5.92 Å². The fourth-order valence-corrected chi connectivity index (χ4v) is 3.98. The van der Waals surface area contributed by atoms with E-state index in [9.17, 15) is 9.90 Å². The van der Waals surface area contributed by atoms with Crippen LogP contribution in [0.4, 0.5) is 0 Å². The second-order valence-corrected chi connectivity index (χ2v) is 7.87. The van der Waals surface area contributed by atoms with E-state index in [4.69, 9.17) is 4.74 Å². The largest absolute Gasteiger partial charge is 0.490 e. The van der Waals surface area contributed by atoms with E-state index in [0.29, 0.717) is 6.42 Å². The van der Waals surface area contributed by atoms with Crippen LogP contribution < -0.4 is 4.74 Å². The predicted molar refractivity (Wildman–Crippen MR) is 110 cm³/mol. The number of benzene rings is 2. The molecule has 0 bridgehead atoms. The lowest BCUT2D eigenvalue weighted by molar-refractivity contribution is -0.141. The molecular formula is C23H26N2O3.